The maximum Gasteiger partial charge on any atom is 0.257 e. The topological polar surface area (TPSA) is 88.2 Å². The maximum absolute atomic E-state index is 12.4. The van der Waals surface area contributed by atoms with E-state index in [1.807, 2.05) is 25.1 Å². The van der Waals surface area contributed by atoms with Gasteiger partial charge in [-0.2, -0.15) is 0 Å². The number of aryl methyl sites for hydroxylation is 1. The van der Waals surface area contributed by atoms with E-state index in [-0.39, 0.29) is 16.8 Å². The van der Waals surface area contributed by atoms with Crippen LogP contribution in [0.2, 0.25) is 0 Å². The van der Waals surface area contributed by atoms with E-state index in [1.165, 1.54) is 35.6 Å². The zero-order valence-electron chi connectivity index (χ0n) is 14.0. The second kappa shape index (κ2) is 6.46. The first kappa shape index (κ1) is 17.1. The van der Waals surface area contributed by atoms with Crippen molar-refractivity contribution in [3.05, 3.63) is 53.6 Å². The van der Waals surface area contributed by atoms with Crippen LogP contribution in [0.25, 0.3) is 10.2 Å². The highest BCUT2D eigenvalue weighted by Gasteiger charge is 2.28. The lowest BCUT2D eigenvalue weighted by Crippen LogP contribution is -2.25. The van der Waals surface area contributed by atoms with E-state index in [2.05, 4.69) is 15.0 Å². The first-order valence-corrected chi connectivity index (χ1v) is 10.5. The molecule has 1 saturated carbocycles. The van der Waals surface area contributed by atoms with Crippen LogP contribution in [-0.4, -0.2) is 25.4 Å². The van der Waals surface area contributed by atoms with Gasteiger partial charge in [-0.15, -0.1) is 0 Å². The molecule has 1 fully saturated rings. The van der Waals surface area contributed by atoms with Crippen LogP contribution in [-0.2, 0) is 10.0 Å². The van der Waals surface area contributed by atoms with Gasteiger partial charge in [-0.05, 0) is 61.7 Å². The number of sulfonamides is 1. The van der Waals surface area contributed by atoms with Gasteiger partial charge in [0.2, 0.25) is 10.0 Å². The van der Waals surface area contributed by atoms with Crippen LogP contribution in [0, 0.1) is 6.92 Å². The van der Waals surface area contributed by atoms with E-state index in [4.69, 9.17) is 0 Å². The Morgan fingerprint density at radius 3 is 2.58 bits per heavy atom. The van der Waals surface area contributed by atoms with E-state index in [9.17, 15) is 13.2 Å². The molecule has 1 amide bonds. The van der Waals surface area contributed by atoms with Gasteiger partial charge in [-0.25, -0.2) is 18.1 Å². The summed E-state index contributed by atoms with van der Waals surface area (Å²) in [6.07, 6.45) is 1.75. The van der Waals surface area contributed by atoms with Crippen molar-refractivity contribution in [3.63, 3.8) is 0 Å². The number of carbonyl (C=O) groups excluding carboxylic acids is 1. The highest BCUT2D eigenvalue weighted by molar-refractivity contribution is 7.89. The van der Waals surface area contributed by atoms with Crippen molar-refractivity contribution < 1.29 is 13.2 Å². The Hall–Kier alpha value is -2.29. The monoisotopic (exact) mass is 387 g/mol. The Kier molecular flexibility index (Phi) is 4.26. The summed E-state index contributed by atoms with van der Waals surface area (Å²) in [6.45, 7) is 2.01. The molecule has 1 heterocycles. The van der Waals surface area contributed by atoms with Crippen LogP contribution in [0.4, 0.5) is 5.13 Å². The number of benzene rings is 2. The molecule has 2 aromatic carbocycles. The third kappa shape index (κ3) is 3.62. The number of amides is 1. The Morgan fingerprint density at radius 1 is 1.15 bits per heavy atom. The largest absolute Gasteiger partial charge is 0.298 e. The van der Waals surface area contributed by atoms with Gasteiger partial charge in [0.25, 0.3) is 5.91 Å². The number of aromatic nitrogens is 1. The molecule has 8 heteroatoms. The van der Waals surface area contributed by atoms with E-state index in [0.717, 1.165) is 28.6 Å². The minimum Gasteiger partial charge on any atom is -0.298 e. The van der Waals surface area contributed by atoms with Gasteiger partial charge < -0.3 is 0 Å². The number of rotatable bonds is 5. The van der Waals surface area contributed by atoms with Crippen LogP contribution >= 0.6 is 11.3 Å². The lowest BCUT2D eigenvalue weighted by molar-refractivity contribution is 0.102. The standard InChI is InChI=1S/C18H17N3O3S2/c1-11-2-9-15-16(10-11)25-18(19-15)20-17(22)12-3-7-14(8-4-12)26(23,24)21-13-5-6-13/h2-4,7-10,13,21H,5-6H2,1H3,(H,19,20,22). The number of nitrogens with zero attached hydrogens (tertiary/aromatic N) is 1. The highest BCUT2D eigenvalue weighted by atomic mass is 32.2. The van der Waals surface area contributed by atoms with Crippen molar-refractivity contribution >= 4 is 42.6 Å². The predicted molar refractivity (Wildman–Crippen MR) is 102 cm³/mol. The molecule has 1 aliphatic rings. The van der Waals surface area contributed by atoms with E-state index in [0.29, 0.717) is 10.7 Å². The second-order valence-electron chi connectivity index (χ2n) is 6.36. The molecule has 3 aromatic rings. The summed E-state index contributed by atoms with van der Waals surface area (Å²) in [6, 6.07) is 11.9. The Balaban J connectivity index is 1.50. The molecule has 1 aliphatic carbocycles. The Bertz CT molecular complexity index is 1080. The van der Waals surface area contributed by atoms with Crippen LogP contribution in [0.5, 0.6) is 0 Å². The van der Waals surface area contributed by atoms with Crippen LogP contribution in [0.1, 0.15) is 28.8 Å². The smallest absolute Gasteiger partial charge is 0.257 e. The summed E-state index contributed by atoms with van der Waals surface area (Å²) in [4.78, 5) is 17.0. The SMILES string of the molecule is Cc1ccc2nc(NC(=O)c3ccc(S(=O)(=O)NC4CC4)cc3)sc2c1. The molecule has 2 N–H and O–H groups in total. The van der Waals surface area contributed by atoms with E-state index >= 15 is 0 Å². The van der Waals surface area contributed by atoms with Gasteiger partial charge in [0, 0.05) is 11.6 Å². The molecule has 0 saturated heterocycles. The molecule has 0 unspecified atom stereocenters. The molecular weight excluding hydrogens is 370 g/mol. The van der Waals surface area contributed by atoms with Crippen molar-refractivity contribution in [3.8, 4) is 0 Å². The van der Waals surface area contributed by atoms with Gasteiger partial charge in [0.05, 0.1) is 15.1 Å². The van der Waals surface area contributed by atoms with Gasteiger partial charge in [-0.3, -0.25) is 10.1 Å². The fraction of sp³-hybridized carbons (Fsp3) is 0.222. The number of hydrogen-bond donors (Lipinski definition) is 2. The van der Waals surface area contributed by atoms with Crippen molar-refractivity contribution in [2.45, 2.75) is 30.7 Å². The normalized spacial score (nSPS) is 14.5. The van der Waals surface area contributed by atoms with Gasteiger partial charge in [0.1, 0.15) is 0 Å². The zero-order chi connectivity index (χ0) is 18.3. The first-order valence-electron chi connectivity index (χ1n) is 8.22. The quantitative estimate of drug-likeness (QED) is 0.703. The predicted octanol–water partition coefficient (Wildman–Crippen LogP) is 3.30. The number of anilines is 1. The summed E-state index contributed by atoms with van der Waals surface area (Å²) in [5, 5.41) is 3.29. The highest BCUT2D eigenvalue weighted by Crippen LogP contribution is 2.27. The molecule has 4 rings (SSSR count). The van der Waals surface area contributed by atoms with Crippen LogP contribution < -0.4 is 10.0 Å². The Labute approximate surface area is 155 Å². The van der Waals surface area contributed by atoms with E-state index < -0.39 is 10.0 Å². The molecule has 0 radical (unpaired) electrons. The molecule has 0 bridgehead atoms. The fourth-order valence-electron chi connectivity index (χ4n) is 2.53. The minimum absolute atomic E-state index is 0.0469. The first-order chi connectivity index (χ1) is 12.4. The third-order valence-corrected chi connectivity index (χ3v) is 6.56. The summed E-state index contributed by atoms with van der Waals surface area (Å²) in [5.74, 6) is -0.320. The molecule has 0 aliphatic heterocycles. The second-order valence-corrected chi connectivity index (χ2v) is 9.11. The molecule has 1 aromatic heterocycles. The van der Waals surface area contributed by atoms with Crippen molar-refractivity contribution in [2.75, 3.05) is 5.32 Å². The Morgan fingerprint density at radius 2 is 1.88 bits per heavy atom. The third-order valence-electron chi connectivity index (χ3n) is 4.09. The summed E-state index contributed by atoms with van der Waals surface area (Å²) < 4.78 is 27.9. The summed E-state index contributed by atoms with van der Waals surface area (Å²) in [7, 11) is -3.51. The number of carbonyl (C=O) groups is 1. The molecule has 0 atom stereocenters. The van der Waals surface area contributed by atoms with Crippen LogP contribution in [0.15, 0.2) is 47.4 Å². The molecule has 6 nitrogen and oxygen atoms in total. The number of thiazole rings is 1. The average Bonchev–Trinajstić information content (AvgIpc) is 3.31. The summed E-state index contributed by atoms with van der Waals surface area (Å²) in [5.41, 5.74) is 2.35. The molecular formula is C18H17N3O3S2. The van der Waals surface area contributed by atoms with Gasteiger partial charge in [-0.1, -0.05) is 17.4 Å². The lowest BCUT2D eigenvalue weighted by atomic mass is 10.2. The zero-order valence-corrected chi connectivity index (χ0v) is 15.7. The van der Waals surface area contributed by atoms with Gasteiger partial charge in [0.15, 0.2) is 5.13 Å². The minimum atomic E-state index is -3.51. The number of nitrogens with one attached hydrogen (secondary N) is 2. The van der Waals surface area contributed by atoms with E-state index in [1.54, 1.807) is 0 Å². The summed E-state index contributed by atoms with van der Waals surface area (Å²) >= 11 is 1.41. The molecule has 0 spiro atoms. The van der Waals surface area contributed by atoms with Crippen molar-refractivity contribution in [1.82, 2.24) is 9.71 Å². The van der Waals surface area contributed by atoms with Crippen molar-refractivity contribution in [2.24, 2.45) is 0 Å². The number of hydrogen-bond acceptors (Lipinski definition) is 5. The van der Waals surface area contributed by atoms with Crippen LogP contribution in [0.3, 0.4) is 0 Å². The van der Waals surface area contributed by atoms with Gasteiger partial charge >= 0.3 is 0 Å². The lowest BCUT2D eigenvalue weighted by Gasteiger charge is -2.06. The average molecular weight is 387 g/mol. The maximum atomic E-state index is 12.4. The molecule has 134 valence electrons. The molecule has 26 heavy (non-hydrogen) atoms. The van der Waals surface area contributed by atoms with Crippen molar-refractivity contribution in [1.29, 1.82) is 0 Å². The number of fused-ring (bicyclic) bond motifs is 1. The fourth-order valence-corrected chi connectivity index (χ4v) is 4.79.